The number of esters is 1. The third-order valence-electron chi connectivity index (χ3n) is 5.16. The summed E-state index contributed by atoms with van der Waals surface area (Å²) in [5, 5.41) is 10.5. The van der Waals surface area contributed by atoms with E-state index < -0.39 is 5.60 Å². The minimum absolute atomic E-state index is 0.0637. The van der Waals surface area contributed by atoms with Gasteiger partial charge < -0.3 is 9.84 Å². The van der Waals surface area contributed by atoms with Crippen LogP contribution < -0.4 is 0 Å². The fourth-order valence-electron chi connectivity index (χ4n) is 4.01. The fraction of sp³-hybridized carbons (Fsp3) is 0.667. The van der Waals surface area contributed by atoms with E-state index in [1.807, 2.05) is 6.92 Å². The van der Waals surface area contributed by atoms with E-state index in [4.69, 9.17) is 4.74 Å². The average Bonchev–Trinajstić information content (AvgIpc) is 2.65. The standard InChI is InChI=1S/C15H20O3/c1-8-6-13-11(9(2)14(16)18-13)7-12-10(8)4-5-15(12,3)17/h10-13,17H,1-2,4-7H2,3H3/t10-,11+,12+,13-,15+/m0/s1. The van der Waals surface area contributed by atoms with E-state index >= 15 is 0 Å². The summed E-state index contributed by atoms with van der Waals surface area (Å²) < 4.78 is 5.38. The monoisotopic (exact) mass is 248 g/mol. The molecule has 0 aromatic rings. The molecule has 1 aliphatic heterocycles. The number of aliphatic hydroxyl groups is 1. The number of ether oxygens (including phenoxy) is 1. The molecule has 0 spiro atoms. The van der Waals surface area contributed by atoms with Gasteiger partial charge in [-0.15, -0.1) is 0 Å². The number of carbonyl (C=O) groups excluding carboxylic acids is 1. The molecule has 0 radical (unpaired) electrons. The third kappa shape index (κ3) is 1.57. The molecule has 1 saturated heterocycles. The number of carbonyl (C=O) groups is 1. The van der Waals surface area contributed by atoms with Crippen molar-refractivity contribution in [3.63, 3.8) is 0 Å². The molecule has 3 nitrogen and oxygen atoms in total. The Morgan fingerprint density at radius 3 is 2.83 bits per heavy atom. The lowest BCUT2D eigenvalue weighted by molar-refractivity contribution is -0.139. The van der Waals surface area contributed by atoms with Crippen molar-refractivity contribution < 1.29 is 14.6 Å². The van der Waals surface area contributed by atoms with E-state index in [-0.39, 0.29) is 23.9 Å². The Hall–Kier alpha value is -1.09. The van der Waals surface area contributed by atoms with Gasteiger partial charge in [0.15, 0.2) is 0 Å². The lowest BCUT2D eigenvalue weighted by Gasteiger charge is -2.30. The molecule has 3 rings (SSSR count). The van der Waals surface area contributed by atoms with Crippen molar-refractivity contribution in [1.82, 2.24) is 0 Å². The Balaban J connectivity index is 1.94. The normalized spacial score (nSPS) is 47.6. The van der Waals surface area contributed by atoms with Gasteiger partial charge in [0.2, 0.25) is 0 Å². The smallest absolute Gasteiger partial charge is 0.334 e. The first-order valence-electron chi connectivity index (χ1n) is 6.70. The minimum Gasteiger partial charge on any atom is -0.458 e. The lowest BCUT2D eigenvalue weighted by atomic mass is 9.79. The number of fused-ring (bicyclic) bond motifs is 2. The SMILES string of the molecule is C=C1C(=O)O[C@H]2CC(=C)[C@@H]3CC[C@@](C)(O)[C@@H]3C[C@H]12. The van der Waals surface area contributed by atoms with Crippen molar-refractivity contribution in [3.8, 4) is 0 Å². The molecule has 1 N–H and O–H groups in total. The largest absolute Gasteiger partial charge is 0.458 e. The fourth-order valence-corrected chi connectivity index (χ4v) is 4.01. The second kappa shape index (κ2) is 3.70. The van der Waals surface area contributed by atoms with Crippen LogP contribution in [0.3, 0.4) is 0 Å². The molecule has 0 unspecified atom stereocenters. The Morgan fingerprint density at radius 2 is 2.11 bits per heavy atom. The molecule has 18 heavy (non-hydrogen) atoms. The van der Waals surface area contributed by atoms with Gasteiger partial charge in [0.25, 0.3) is 0 Å². The zero-order valence-corrected chi connectivity index (χ0v) is 10.8. The van der Waals surface area contributed by atoms with Gasteiger partial charge >= 0.3 is 5.97 Å². The maximum Gasteiger partial charge on any atom is 0.334 e. The van der Waals surface area contributed by atoms with Crippen molar-refractivity contribution >= 4 is 5.97 Å². The average molecular weight is 248 g/mol. The van der Waals surface area contributed by atoms with Crippen molar-refractivity contribution in [3.05, 3.63) is 24.3 Å². The Kier molecular flexibility index (Phi) is 2.46. The molecule has 0 bridgehead atoms. The molecule has 0 aromatic heterocycles. The topological polar surface area (TPSA) is 46.5 Å². The summed E-state index contributed by atoms with van der Waals surface area (Å²) in [7, 11) is 0. The summed E-state index contributed by atoms with van der Waals surface area (Å²) in [4.78, 5) is 11.6. The Morgan fingerprint density at radius 1 is 1.39 bits per heavy atom. The molecule has 2 aliphatic carbocycles. The predicted molar refractivity (Wildman–Crippen MR) is 67.7 cm³/mol. The van der Waals surface area contributed by atoms with E-state index in [9.17, 15) is 9.90 Å². The zero-order valence-electron chi connectivity index (χ0n) is 10.8. The molecule has 3 fully saturated rings. The van der Waals surface area contributed by atoms with Crippen molar-refractivity contribution in [2.24, 2.45) is 17.8 Å². The number of hydrogen-bond donors (Lipinski definition) is 1. The molecule has 98 valence electrons. The quantitative estimate of drug-likeness (QED) is 0.406. The van der Waals surface area contributed by atoms with Gasteiger partial charge in [-0.05, 0) is 38.0 Å². The van der Waals surface area contributed by atoms with Crippen molar-refractivity contribution in [2.75, 3.05) is 0 Å². The highest BCUT2D eigenvalue weighted by molar-refractivity contribution is 5.90. The van der Waals surface area contributed by atoms with Gasteiger partial charge in [-0.1, -0.05) is 18.7 Å². The van der Waals surface area contributed by atoms with Gasteiger partial charge in [-0.3, -0.25) is 0 Å². The molecule has 3 aliphatic rings. The van der Waals surface area contributed by atoms with Crippen LogP contribution in [0, 0.1) is 17.8 Å². The molecule has 5 atom stereocenters. The van der Waals surface area contributed by atoms with Gasteiger partial charge in [0.05, 0.1) is 5.60 Å². The van der Waals surface area contributed by atoms with Crippen molar-refractivity contribution in [2.45, 2.75) is 44.3 Å². The second-order valence-electron chi connectivity index (χ2n) is 6.28. The minimum atomic E-state index is -0.644. The first-order chi connectivity index (χ1) is 8.40. The predicted octanol–water partition coefficient (Wildman–Crippen LogP) is 2.21. The molecule has 0 amide bonds. The summed E-state index contributed by atoms with van der Waals surface area (Å²) in [5.74, 6) is 0.353. The van der Waals surface area contributed by atoms with E-state index in [0.717, 1.165) is 31.3 Å². The summed E-state index contributed by atoms with van der Waals surface area (Å²) in [6.07, 6.45) is 3.24. The van der Waals surface area contributed by atoms with Gasteiger partial charge in [-0.2, -0.15) is 0 Å². The van der Waals surface area contributed by atoms with Gasteiger partial charge in [0, 0.05) is 17.9 Å². The highest BCUT2D eigenvalue weighted by atomic mass is 16.6. The van der Waals surface area contributed by atoms with E-state index in [2.05, 4.69) is 13.2 Å². The van der Waals surface area contributed by atoms with Crippen LogP contribution in [0.4, 0.5) is 0 Å². The first kappa shape index (κ1) is 12.0. The van der Waals surface area contributed by atoms with E-state index in [1.54, 1.807) is 0 Å². The third-order valence-corrected chi connectivity index (χ3v) is 5.16. The Labute approximate surface area is 108 Å². The van der Waals surface area contributed by atoms with E-state index in [1.165, 1.54) is 0 Å². The molecule has 2 saturated carbocycles. The lowest BCUT2D eigenvalue weighted by Crippen LogP contribution is -2.33. The summed E-state index contributed by atoms with van der Waals surface area (Å²) in [6.45, 7) is 9.93. The molecular formula is C15H20O3. The molecular weight excluding hydrogens is 228 g/mol. The molecule has 1 heterocycles. The number of rotatable bonds is 0. The van der Waals surface area contributed by atoms with Gasteiger partial charge in [0.1, 0.15) is 6.10 Å². The first-order valence-corrected chi connectivity index (χ1v) is 6.70. The van der Waals surface area contributed by atoms with Crippen LogP contribution in [0.1, 0.15) is 32.6 Å². The summed E-state index contributed by atoms with van der Waals surface area (Å²) in [6, 6.07) is 0. The zero-order chi connectivity index (χ0) is 13.1. The highest BCUT2D eigenvalue weighted by Gasteiger charge is 2.52. The Bertz CT molecular complexity index is 435. The van der Waals surface area contributed by atoms with Crippen LogP contribution in [-0.2, 0) is 9.53 Å². The maximum atomic E-state index is 11.6. The van der Waals surface area contributed by atoms with E-state index in [0.29, 0.717) is 11.5 Å². The maximum absolute atomic E-state index is 11.6. The molecule has 0 aromatic carbocycles. The van der Waals surface area contributed by atoms with Crippen LogP contribution in [0.25, 0.3) is 0 Å². The van der Waals surface area contributed by atoms with Crippen LogP contribution in [0.5, 0.6) is 0 Å². The van der Waals surface area contributed by atoms with Crippen LogP contribution >= 0.6 is 0 Å². The van der Waals surface area contributed by atoms with Crippen LogP contribution in [-0.4, -0.2) is 22.8 Å². The second-order valence-corrected chi connectivity index (χ2v) is 6.28. The number of hydrogen-bond acceptors (Lipinski definition) is 3. The highest BCUT2D eigenvalue weighted by Crippen LogP contribution is 2.52. The van der Waals surface area contributed by atoms with Crippen LogP contribution in [0.2, 0.25) is 0 Å². The van der Waals surface area contributed by atoms with Gasteiger partial charge in [-0.25, -0.2) is 4.79 Å². The summed E-state index contributed by atoms with van der Waals surface area (Å²) in [5.41, 5.74) is 1.07. The summed E-state index contributed by atoms with van der Waals surface area (Å²) >= 11 is 0. The van der Waals surface area contributed by atoms with Crippen molar-refractivity contribution in [1.29, 1.82) is 0 Å². The van der Waals surface area contributed by atoms with Crippen LogP contribution in [0.15, 0.2) is 24.3 Å². The molecule has 3 heteroatoms.